The number of fused-ring (bicyclic) bond motifs is 1. The summed E-state index contributed by atoms with van der Waals surface area (Å²) in [5, 5.41) is 11.9. The molecule has 174 valence electrons. The Hall–Kier alpha value is -3.40. The Bertz CT molecular complexity index is 1320. The molecule has 11 heteroatoms. The van der Waals surface area contributed by atoms with Gasteiger partial charge in [0, 0.05) is 61.2 Å². The van der Waals surface area contributed by atoms with E-state index in [9.17, 15) is 4.79 Å². The largest absolute Gasteiger partial charge is 0.471 e. The summed E-state index contributed by atoms with van der Waals surface area (Å²) in [6, 6.07) is 9.43. The number of ether oxygens (including phenoxy) is 1. The molecule has 0 aliphatic carbocycles. The number of benzene rings is 1. The highest BCUT2D eigenvalue weighted by Crippen LogP contribution is 2.33. The van der Waals surface area contributed by atoms with Crippen LogP contribution in [0.25, 0.3) is 22.2 Å². The molecule has 0 unspecified atom stereocenters. The smallest absolute Gasteiger partial charge is 0.221 e. The van der Waals surface area contributed by atoms with Crippen LogP contribution >= 0.6 is 23.2 Å². The highest BCUT2D eigenvalue weighted by molar-refractivity contribution is 6.35. The summed E-state index contributed by atoms with van der Waals surface area (Å²) in [5.74, 6) is 1.42. The number of nitrogens with two attached hydrogens (primary N) is 1. The van der Waals surface area contributed by atoms with Crippen molar-refractivity contribution in [1.82, 2.24) is 25.5 Å². The number of amides is 1. The maximum atomic E-state index is 11.6. The molecule has 4 N–H and O–H groups in total. The van der Waals surface area contributed by atoms with Crippen LogP contribution in [-0.2, 0) is 4.79 Å². The van der Waals surface area contributed by atoms with E-state index in [-0.39, 0.29) is 5.91 Å². The molecule has 9 nitrogen and oxygen atoms in total. The van der Waals surface area contributed by atoms with Crippen molar-refractivity contribution < 1.29 is 9.53 Å². The van der Waals surface area contributed by atoms with Crippen LogP contribution in [0.4, 0.5) is 5.82 Å². The molecule has 34 heavy (non-hydrogen) atoms. The molecule has 1 aliphatic heterocycles. The predicted molar refractivity (Wildman–Crippen MR) is 131 cm³/mol. The molecule has 3 aromatic heterocycles. The first-order valence-corrected chi connectivity index (χ1v) is 11.4. The molecule has 0 bridgehead atoms. The van der Waals surface area contributed by atoms with Crippen LogP contribution in [0.5, 0.6) is 5.75 Å². The second-order valence-electron chi connectivity index (χ2n) is 7.83. The number of carbonyl (C=O) groups excluding carboxylic acids is 1. The van der Waals surface area contributed by atoms with Gasteiger partial charge in [0.15, 0.2) is 6.23 Å². The van der Waals surface area contributed by atoms with Crippen LogP contribution in [-0.4, -0.2) is 45.7 Å². The number of hydrogen-bond donors (Lipinski definition) is 3. The van der Waals surface area contributed by atoms with E-state index in [1.54, 1.807) is 12.3 Å². The summed E-state index contributed by atoms with van der Waals surface area (Å²) in [6.45, 7) is 1.96. The zero-order valence-electron chi connectivity index (χ0n) is 18.0. The van der Waals surface area contributed by atoms with Crippen LogP contribution in [0.15, 0.2) is 48.9 Å². The van der Waals surface area contributed by atoms with Gasteiger partial charge >= 0.3 is 0 Å². The van der Waals surface area contributed by atoms with E-state index in [4.69, 9.17) is 33.7 Å². The summed E-state index contributed by atoms with van der Waals surface area (Å²) in [4.78, 5) is 22.2. The van der Waals surface area contributed by atoms with E-state index in [1.165, 1.54) is 12.4 Å². The van der Waals surface area contributed by atoms with Gasteiger partial charge in [-0.05, 0) is 30.3 Å². The summed E-state index contributed by atoms with van der Waals surface area (Å²) in [6.07, 6.45) is 4.31. The summed E-state index contributed by atoms with van der Waals surface area (Å²) >= 11 is 12.4. The van der Waals surface area contributed by atoms with Gasteiger partial charge in [0.1, 0.15) is 17.3 Å². The van der Waals surface area contributed by atoms with Crippen LogP contribution in [0.2, 0.25) is 10.0 Å². The van der Waals surface area contributed by atoms with Gasteiger partial charge in [0.2, 0.25) is 5.91 Å². The average Bonchev–Trinajstić information content (AvgIpc) is 3.12. The van der Waals surface area contributed by atoms with Gasteiger partial charge in [-0.1, -0.05) is 23.2 Å². The topological polar surface area (TPSA) is 122 Å². The third-order valence-electron chi connectivity index (χ3n) is 5.63. The number of aromatic nitrogens is 4. The quantitative estimate of drug-likeness (QED) is 0.359. The van der Waals surface area contributed by atoms with Crippen molar-refractivity contribution in [2.24, 2.45) is 5.73 Å². The molecule has 0 spiro atoms. The molecule has 1 amide bonds. The lowest BCUT2D eigenvalue weighted by Crippen LogP contribution is -2.28. The van der Waals surface area contributed by atoms with Gasteiger partial charge in [0.25, 0.3) is 0 Å². The van der Waals surface area contributed by atoms with E-state index in [1.807, 2.05) is 24.3 Å². The molecule has 4 heterocycles. The molecule has 1 aliphatic rings. The number of hydrogen-bond acceptors (Lipinski definition) is 7. The van der Waals surface area contributed by atoms with Crippen molar-refractivity contribution in [2.75, 3.05) is 24.5 Å². The maximum absolute atomic E-state index is 11.6. The van der Waals surface area contributed by atoms with Crippen molar-refractivity contribution in [1.29, 1.82) is 0 Å². The van der Waals surface area contributed by atoms with Gasteiger partial charge in [-0.3, -0.25) is 20.6 Å². The minimum absolute atomic E-state index is 0.0633. The second kappa shape index (κ2) is 9.46. The molecular formula is C23H21Cl2N7O2. The zero-order valence-corrected chi connectivity index (χ0v) is 19.5. The van der Waals surface area contributed by atoms with Crippen molar-refractivity contribution >= 4 is 45.8 Å². The Kier molecular flexibility index (Phi) is 6.23. The van der Waals surface area contributed by atoms with Crippen molar-refractivity contribution in [3.8, 4) is 17.0 Å². The van der Waals surface area contributed by atoms with Crippen LogP contribution in [0.1, 0.15) is 18.2 Å². The van der Waals surface area contributed by atoms with Gasteiger partial charge in [-0.2, -0.15) is 5.10 Å². The zero-order chi connectivity index (χ0) is 23.7. The first-order chi connectivity index (χ1) is 16.5. The molecule has 1 fully saturated rings. The SMILES string of the molecule is N[C@@H](Oc1ccc2[nH]nc(-c3ccc(N4CCNC(=O)CC4)nc3)c2c1)c1c(Cl)cncc1Cl. The summed E-state index contributed by atoms with van der Waals surface area (Å²) in [7, 11) is 0. The van der Waals surface area contributed by atoms with E-state index in [0.717, 1.165) is 34.5 Å². The Morgan fingerprint density at radius 3 is 2.68 bits per heavy atom. The maximum Gasteiger partial charge on any atom is 0.221 e. The van der Waals surface area contributed by atoms with Crippen LogP contribution < -0.4 is 20.7 Å². The first-order valence-electron chi connectivity index (χ1n) is 10.7. The monoisotopic (exact) mass is 497 g/mol. The fourth-order valence-electron chi connectivity index (χ4n) is 3.89. The van der Waals surface area contributed by atoms with Gasteiger partial charge < -0.3 is 15.0 Å². The van der Waals surface area contributed by atoms with E-state index in [2.05, 4.69) is 30.4 Å². The number of pyridine rings is 2. The first kappa shape index (κ1) is 22.4. The van der Waals surface area contributed by atoms with E-state index >= 15 is 0 Å². The predicted octanol–water partition coefficient (Wildman–Crippen LogP) is 3.69. The number of rotatable bonds is 5. The Morgan fingerprint density at radius 2 is 1.91 bits per heavy atom. The van der Waals surface area contributed by atoms with Crippen molar-refractivity contribution in [2.45, 2.75) is 12.6 Å². The number of carbonyl (C=O) groups is 1. The third kappa shape index (κ3) is 4.50. The number of H-pyrrole nitrogens is 1. The number of nitrogens with zero attached hydrogens (tertiary/aromatic N) is 4. The lowest BCUT2D eigenvalue weighted by atomic mass is 10.1. The number of nitrogens with one attached hydrogen (secondary N) is 2. The van der Waals surface area contributed by atoms with Crippen molar-refractivity contribution in [3.05, 3.63) is 64.5 Å². The summed E-state index contributed by atoms with van der Waals surface area (Å²) < 4.78 is 5.93. The second-order valence-corrected chi connectivity index (χ2v) is 8.64. The molecule has 4 aromatic rings. The number of anilines is 1. The minimum atomic E-state index is -0.869. The summed E-state index contributed by atoms with van der Waals surface area (Å²) in [5.41, 5.74) is 9.12. The molecule has 1 aromatic carbocycles. The molecule has 5 rings (SSSR count). The van der Waals surface area contributed by atoms with Gasteiger partial charge in [-0.25, -0.2) is 4.98 Å². The Morgan fingerprint density at radius 1 is 1.09 bits per heavy atom. The lowest BCUT2D eigenvalue weighted by Gasteiger charge is -2.20. The van der Waals surface area contributed by atoms with Gasteiger partial charge in [-0.15, -0.1) is 0 Å². The number of aromatic amines is 1. The Labute approximate surface area is 205 Å². The van der Waals surface area contributed by atoms with Crippen LogP contribution in [0.3, 0.4) is 0 Å². The van der Waals surface area contributed by atoms with E-state index in [0.29, 0.717) is 40.9 Å². The highest BCUT2D eigenvalue weighted by Gasteiger charge is 2.18. The lowest BCUT2D eigenvalue weighted by molar-refractivity contribution is -0.120. The molecule has 1 atom stereocenters. The minimum Gasteiger partial charge on any atom is -0.471 e. The van der Waals surface area contributed by atoms with E-state index < -0.39 is 6.23 Å². The molecule has 1 saturated heterocycles. The molecule has 0 radical (unpaired) electrons. The van der Waals surface area contributed by atoms with Crippen molar-refractivity contribution in [3.63, 3.8) is 0 Å². The highest BCUT2D eigenvalue weighted by atomic mass is 35.5. The van der Waals surface area contributed by atoms with Crippen LogP contribution in [0, 0.1) is 0 Å². The fraction of sp³-hybridized carbons (Fsp3) is 0.217. The fourth-order valence-corrected chi connectivity index (χ4v) is 4.47. The van der Waals surface area contributed by atoms with Gasteiger partial charge in [0.05, 0.1) is 15.6 Å². The third-order valence-corrected chi connectivity index (χ3v) is 6.23. The average molecular weight is 498 g/mol. The number of halogens is 2. The molecule has 0 saturated carbocycles. The Balaban J connectivity index is 1.39. The standard InChI is InChI=1S/C23H21Cl2N7O2/c24-16-11-27-12-17(25)21(16)23(26)34-14-2-3-18-15(9-14)22(31-30-18)13-1-4-19(29-10-13)32-7-5-20(33)28-6-8-32/h1-4,9-12,23H,5-8,26H2,(H,28,33)(H,30,31)/t23-/m0/s1. The normalized spacial score (nSPS) is 15.1. The molecular weight excluding hydrogens is 477 g/mol.